The Morgan fingerprint density at radius 3 is 2.33 bits per heavy atom. The summed E-state index contributed by atoms with van der Waals surface area (Å²) in [7, 11) is 0. The molecule has 0 spiro atoms. The van der Waals surface area contributed by atoms with E-state index in [1.54, 1.807) is 0 Å². The topological polar surface area (TPSA) is 104 Å². The normalized spacial score (nSPS) is 10.7. The molecule has 2 aromatic carbocycles. The fraction of sp³-hybridized carbons (Fsp3) is 0.111. The fourth-order valence-electron chi connectivity index (χ4n) is 2.67. The summed E-state index contributed by atoms with van der Waals surface area (Å²) in [5.41, 5.74) is 22.1. The van der Waals surface area contributed by atoms with Crippen molar-refractivity contribution in [3.8, 4) is 11.1 Å². The maximum atomic E-state index is 6.10. The lowest BCUT2D eigenvalue weighted by molar-refractivity contribution is 0.910. The van der Waals surface area contributed by atoms with Crippen LogP contribution in [0, 0.1) is 0 Å². The predicted molar refractivity (Wildman–Crippen MR) is 99.6 cm³/mol. The second-order valence-corrected chi connectivity index (χ2v) is 5.98. The summed E-state index contributed by atoms with van der Waals surface area (Å²) in [5, 5.41) is 0.662. The third-order valence-corrected chi connectivity index (χ3v) is 4.02. The SMILES string of the molecule is Nc1cccc(CCc2nc(N)nc(N)c2-c2ccc(Cl)cc2)c1. The lowest BCUT2D eigenvalue weighted by Gasteiger charge is -2.12. The van der Waals surface area contributed by atoms with Gasteiger partial charge >= 0.3 is 0 Å². The lowest BCUT2D eigenvalue weighted by Crippen LogP contribution is -2.08. The summed E-state index contributed by atoms with van der Waals surface area (Å²) < 4.78 is 0. The van der Waals surface area contributed by atoms with Gasteiger partial charge in [-0.3, -0.25) is 0 Å². The van der Waals surface area contributed by atoms with Crippen LogP contribution in [0.15, 0.2) is 48.5 Å². The van der Waals surface area contributed by atoms with Crippen LogP contribution < -0.4 is 17.2 Å². The van der Waals surface area contributed by atoms with Gasteiger partial charge < -0.3 is 17.2 Å². The van der Waals surface area contributed by atoms with E-state index in [4.69, 9.17) is 28.8 Å². The molecule has 0 amide bonds. The zero-order valence-electron chi connectivity index (χ0n) is 13.0. The Hall–Kier alpha value is -2.79. The van der Waals surface area contributed by atoms with E-state index in [1.165, 1.54) is 0 Å². The zero-order chi connectivity index (χ0) is 17.1. The molecule has 122 valence electrons. The minimum Gasteiger partial charge on any atom is -0.399 e. The molecule has 5 nitrogen and oxygen atoms in total. The van der Waals surface area contributed by atoms with E-state index in [0.717, 1.165) is 34.5 Å². The molecule has 1 aromatic heterocycles. The van der Waals surface area contributed by atoms with Crippen LogP contribution in [0.2, 0.25) is 5.02 Å². The van der Waals surface area contributed by atoms with Crippen LogP contribution in [0.5, 0.6) is 0 Å². The van der Waals surface area contributed by atoms with Crippen LogP contribution in [-0.4, -0.2) is 9.97 Å². The third kappa shape index (κ3) is 3.58. The van der Waals surface area contributed by atoms with Gasteiger partial charge in [-0.1, -0.05) is 35.9 Å². The molecule has 0 radical (unpaired) electrons. The molecule has 0 aliphatic carbocycles. The van der Waals surface area contributed by atoms with E-state index in [2.05, 4.69) is 9.97 Å². The van der Waals surface area contributed by atoms with Gasteiger partial charge in [0.15, 0.2) is 0 Å². The smallest absolute Gasteiger partial charge is 0.222 e. The van der Waals surface area contributed by atoms with Gasteiger partial charge in [-0.05, 0) is 48.2 Å². The van der Waals surface area contributed by atoms with Crippen molar-refractivity contribution in [3.63, 3.8) is 0 Å². The number of hydrogen-bond acceptors (Lipinski definition) is 5. The molecule has 3 aromatic rings. The molecule has 24 heavy (non-hydrogen) atoms. The average molecular weight is 340 g/mol. The van der Waals surface area contributed by atoms with Gasteiger partial charge in [0.25, 0.3) is 0 Å². The van der Waals surface area contributed by atoms with Crippen LogP contribution in [0.1, 0.15) is 11.3 Å². The molecule has 0 fully saturated rings. The molecule has 6 N–H and O–H groups in total. The number of aryl methyl sites for hydroxylation is 2. The van der Waals surface area contributed by atoms with Gasteiger partial charge in [0.2, 0.25) is 5.95 Å². The number of aromatic nitrogens is 2. The number of benzene rings is 2. The second-order valence-electron chi connectivity index (χ2n) is 5.54. The van der Waals surface area contributed by atoms with Crippen molar-refractivity contribution in [2.45, 2.75) is 12.8 Å². The first kappa shape index (κ1) is 16.1. The zero-order valence-corrected chi connectivity index (χ0v) is 13.8. The van der Waals surface area contributed by atoms with Crippen molar-refractivity contribution >= 4 is 29.1 Å². The van der Waals surface area contributed by atoms with E-state index in [0.29, 0.717) is 17.3 Å². The van der Waals surface area contributed by atoms with Crippen molar-refractivity contribution < 1.29 is 0 Å². The predicted octanol–water partition coefficient (Wildman–Crippen LogP) is 3.33. The highest BCUT2D eigenvalue weighted by Gasteiger charge is 2.14. The van der Waals surface area contributed by atoms with Crippen LogP contribution in [0.4, 0.5) is 17.5 Å². The van der Waals surface area contributed by atoms with Gasteiger partial charge in [0.1, 0.15) is 5.82 Å². The molecule has 0 bridgehead atoms. The highest BCUT2D eigenvalue weighted by atomic mass is 35.5. The summed E-state index contributed by atoms with van der Waals surface area (Å²) in [6.45, 7) is 0. The van der Waals surface area contributed by atoms with Crippen LogP contribution in [-0.2, 0) is 12.8 Å². The Morgan fingerprint density at radius 1 is 0.875 bits per heavy atom. The molecular formula is C18H18ClN5. The molecule has 6 heteroatoms. The Balaban J connectivity index is 1.95. The number of rotatable bonds is 4. The molecule has 0 saturated heterocycles. The lowest BCUT2D eigenvalue weighted by atomic mass is 9.99. The first-order valence-corrected chi connectivity index (χ1v) is 7.93. The van der Waals surface area contributed by atoms with Gasteiger partial charge in [0, 0.05) is 16.3 Å². The van der Waals surface area contributed by atoms with Crippen LogP contribution in [0.3, 0.4) is 0 Å². The first-order valence-electron chi connectivity index (χ1n) is 7.55. The van der Waals surface area contributed by atoms with Crippen molar-refractivity contribution in [3.05, 3.63) is 64.8 Å². The molecule has 0 aliphatic rings. The summed E-state index contributed by atoms with van der Waals surface area (Å²) in [6.07, 6.45) is 1.46. The first-order chi connectivity index (χ1) is 11.5. The Kier molecular flexibility index (Phi) is 4.53. The summed E-state index contributed by atoms with van der Waals surface area (Å²) >= 11 is 5.97. The minimum absolute atomic E-state index is 0.174. The number of halogens is 1. The molecule has 0 unspecified atom stereocenters. The standard InChI is InChI=1S/C18H18ClN5/c19-13-7-5-12(6-8-13)16-15(23-18(22)24-17(16)21)9-4-11-2-1-3-14(20)10-11/h1-3,5-8,10H,4,9,20H2,(H4,21,22,23,24). The van der Waals surface area contributed by atoms with Crippen molar-refractivity contribution in [2.75, 3.05) is 17.2 Å². The summed E-state index contributed by atoms with van der Waals surface area (Å²) in [6, 6.07) is 15.2. The number of anilines is 3. The van der Waals surface area contributed by atoms with E-state index < -0.39 is 0 Å². The molecule has 0 atom stereocenters. The van der Waals surface area contributed by atoms with E-state index in [9.17, 15) is 0 Å². The van der Waals surface area contributed by atoms with Crippen molar-refractivity contribution in [1.82, 2.24) is 9.97 Å². The number of nitrogens with two attached hydrogens (primary N) is 3. The largest absolute Gasteiger partial charge is 0.399 e. The van der Waals surface area contributed by atoms with Gasteiger partial charge in [-0.2, -0.15) is 4.98 Å². The number of hydrogen-bond donors (Lipinski definition) is 3. The Labute approximate surface area is 145 Å². The van der Waals surface area contributed by atoms with Crippen LogP contribution in [0.25, 0.3) is 11.1 Å². The van der Waals surface area contributed by atoms with Gasteiger partial charge in [0.05, 0.1) is 5.69 Å². The third-order valence-electron chi connectivity index (χ3n) is 3.76. The van der Waals surface area contributed by atoms with Crippen molar-refractivity contribution in [2.24, 2.45) is 0 Å². The second kappa shape index (κ2) is 6.76. The monoisotopic (exact) mass is 339 g/mol. The minimum atomic E-state index is 0.174. The number of nitrogens with zero attached hydrogens (tertiary/aromatic N) is 2. The Bertz CT molecular complexity index is 862. The van der Waals surface area contributed by atoms with E-state index in [1.807, 2.05) is 48.5 Å². The molecular weight excluding hydrogens is 322 g/mol. The van der Waals surface area contributed by atoms with Crippen LogP contribution >= 0.6 is 11.6 Å². The highest BCUT2D eigenvalue weighted by molar-refractivity contribution is 6.30. The number of nitrogen functional groups attached to an aromatic ring is 3. The summed E-state index contributed by atoms with van der Waals surface area (Å²) in [5.74, 6) is 0.542. The average Bonchev–Trinajstić information content (AvgIpc) is 2.54. The maximum Gasteiger partial charge on any atom is 0.222 e. The fourth-order valence-corrected chi connectivity index (χ4v) is 2.80. The highest BCUT2D eigenvalue weighted by Crippen LogP contribution is 2.30. The quantitative estimate of drug-likeness (QED) is 0.632. The molecule has 1 heterocycles. The molecule has 0 aliphatic heterocycles. The van der Waals surface area contributed by atoms with Gasteiger partial charge in [-0.15, -0.1) is 0 Å². The van der Waals surface area contributed by atoms with E-state index in [-0.39, 0.29) is 5.95 Å². The molecule has 3 rings (SSSR count). The maximum absolute atomic E-state index is 6.10. The Morgan fingerprint density at radius 2 is 1.62 bits per heavy atom. The van der Waals surface area contributed by atoms with Gasteiger partial charge in [-0.25, -0.2) is 4.98 Å². The summed E-state index contributed by atoms with van der Waals surface area (Å²) in [4.78, 5) is 8.49. The van der Waals surface area contributed by atoms with E-state index >= 15 is 0 Å². The molecule has 0 saturated carbocycles. The van der Waals surface area contributed by atoms with Crippen molar-refractivity contribution in [1.29, 1.82) is 0 Å².